The molecule has 2 aliphatic rings. The summed E-state index contributed by atoms with van der Waals surface area (Å²) < 4.78 is 0. The smallest absolute Gasteiger partial charge is 0.230 e. The van der Waals surface area contributed by atoms with Crippen LogP contribution in [0.1, 0.15) is 19.3 Å². The minimum absolute atomic E-state index is 0.108. The SMILES string of the molecule is O=C(Nc1ncn[nH]1)C1C2CCCC21. The Morgan fingerprint density at radius 3 is 2.93 bits per heavy atom. The number of fused-ring (bicyclic) bond motifs is 1. The Morgan fingerprint density at radius 2 is 2.29 bits per heavy atom. The maximum absolute atomic E-state index is 11.7. The van der Waals surface area contributed by atoms with Gasteiger partial charge in [-0.3, -0.25) is 10.1 Å². The first-order valence-corrected chi connectivity index (χ1v) is 5.02. The summed E-state index contributed by atoms with van der Waals surface area (Å²) in [6.07, 6.45) is 5.13. The fraction of sp³-hybridized carbons (Fsp3) is 0.667. The average Bonchev–Trinajstić information content (AvgIpc) is 2.63. The summed E-state index contributed by atoms with van der Waals surface area (Å²) in [6.45, 7) is 0. The molecule has 1 heterocycles. The van der Waals surface area contributed by atoms with E-state index in [0.29, 0.717) is 17.8 Å². The van der Waals surface area contributed by atoms with Crippen LogP contribution in [0.25, 0.3) is 0 Å². The molecule has 2 N–H and O–H groups in total. The fourth-order valence-corrected chi connectivity index (χ4v) is 2.68. The molecule has 1 amide bonds. The maximum atomic E-state index is 11.7. The number of amides is 1. The lowest BCUT2D eigenvalue weighted by Crippen LogP contribution is -2.17. The van der Waals surface area contributed by atoms with Gasteiger partial charge in [-0.25, -0.2) is 5.10 Å². The third-order valence-corrected chi connectivity index (χ3v) is 3.37. The van der Waals surface area contributed by atoms with E-state index in [9.17, 15) is 4.79 Å². The van der Waals surface area contributed by atoms with Crippen LogP contribution in [-0.2, 0) is 4.79 Å². The molecule has 0 aliphatic heterocycles. The molecule has 2 aliphatic carbocycles. The molecule has 5 nitrogen and oxygen atoms in total. The van der Waals surface area contributed by atoms with Crippen LogP contribution in [0.3, 0.4) is 0 Å². The zero-order valence-corrected chi connectivity index (χ0v) is 7.73. The van der Waals surface area contributed by atoms with Crippen molar-refractivity contribution in [3.05, 3.63) is 6.33 Å². The summed E-state index contributed by atoms with van der Waals surface area (Å²) >= 11 is 0. The van der Waals surface area contributed by atoms with Crippen LogP contribution in [0, 0.1) is 17.8 Å². The van der Waals surface area contributed by atoms with Crippen LogP contribution in [0.2, 0.25) is 0 Å². The first kappa shape index (κ1) is 7.96. The van der Waals surface area contributed by atoms with Crippen LogP contribution in [-0.4, -0.2) is 21.1 Å². The second-order valence-corrected chi connectivity index (χ2v) is 4.11. The number of hydrogen-bond donors (Lipinski definition) is 2. The van der Waals surface area contributed by atoms with Crippen molar-refractivity contribution in [2.75, 3.05) is 5.32 Å². The lowest BCUT2D eigenvalue weighted by atomic mass is 10.1. The quantitative estimate of drug-likeness (QED) is 0.727. The van der Waals surface area contributed by atoms with Gasteiger partial charge in [0.25, 0.3) is 0 Å². The van der Waals surface area contributed by atoms with Crippen molar-refractivity contribution in [2.24, 2.45) is 17.8 Å². The highest BCUT2D eigenvalue weighted by Gasteiger charge is 2.56. The molecule has 1 aromatic heterocycles. The molecule has 2 saturated carbocycles. The van der Waals surface area contributed by atoms with Gasteiger partial charge in [0, 0.05) is 5.92 Å². The zero-order chi connectivity index (χ0) is 9.54. The van der Waals surface area contributed by atoms with Crippen molar-refractivity contribution in [2.45, 2.75) is 19.3 Å². The summed E-state index contributed by atoms with van der Waals surface area (Å²) in [5, 5.41) is 9.04. The molecule has 74 valence electrons. The highest BCUT2D eigenvalue weighted by Crippen LogP contribution is 2.57. The van der Waals surface area contributed by atoms with E-state index in [1.165, 1.54) is 25.6 Å². The van der Waals surface area contributed by atoms with Gasteiger partial charge in [-0.15, -0.1) is 0 Å². The van der Waals surface area contributed by atoms with Gasteiger partial charge in [-0.05, 0) is 24.7 Å². The molecule has 3 rings (SSSR count). The highest BCUT2D eigenvalue weighted by atomic mass is 16.2. The van der Waals surface area contributed by atoms with Crippen LogP contribution in [0.15, 0.2) is 6.33 Å². The van der Waals surface area contributed by atoms with Crippen molar-refractivity contribution in [3.63, 3.8) is 0 Å². The summed E-state index contributed by atoms with van der Waals surface area (Å²) in [6, 6.07) is 0. The Kier molecular flexibility index (Phi) is 1.59. The topological polar surface area (TPSA) is 70.7 Å². The van der Waals surface area contributed by atoms with E-state index in [4.69, 9.17) is 0 Å². The molecular weight excluding hydrogens is 180 g/mol. The van der Waals surface area contributed by atoms with Crippen molar-refractivity contribution >= 4 is 11.9 Å². The standard InChI is InChI=1S/C9H12N4O/c14-8(12-9-10-4-11-13-9)7-5-2-1-3-6(5)7/h4-7H,1-3H2,(H2,10,11,12,13,14). The van der Waals surface area contributed by atoms with Crippen molar-refractivity contribution in [1.29, 1.82) is 0 Å². The van der Waals surface area contributed by atoms with Crippen LogP contribution < -0.4 is 5.32 Å². The average molecular weight is 192 g/mol. The highest BCUT2D eigenvalue weighted by molar-refractivity contribution is 5.93. The van der Waals surface area contributed by atoms with E-state index in [1.54, 1.807) is 0 Å². The summed E-state index contributed by atoms with van der Waals surface area (Å²) in [5.74, 6) is 2.11. The number of nitrogens with one attached hydrogen (secondary N) is 2. The van der Waals surface area contributed by atoms with Gasteiger partial charge in [-0.2, -0.15) is 10.1 Å². The van der Waals surface area contributed by atoms with Gasteiger partial charge in [-0.1, -0.05) is 6.42 Å². The number of carbonyl (C=O) groups excluding carboxylic acids is 1. The first-order valence-electron chi connectivity index (χ1n) is 5.02. The Hall–Kier alpha value is -1.39. The number of aromatic amines is 1. The van der Waals surface area contributed by atoms with Crippen LogP contribution in [0.5, 0.6) is 0 Å². The molecule has 0 saturated heterocycles. The molecule has 5 heteroatoms. The lowest BCUT2D eigenvalue weighted by molar-refractivity contribution is -0.118. The molecule has 2 unspecified atom stereocenters. The number of aromatic nitrogens is 3. The minimum Gasteiger partial charge on any atom is -0.295 e. The second kappa shape index (κ2) is 2.80. The maximum Gasteiger partial charge on any atom is 0.230 e. The van der Waals surface area contributed by atoms with Gasteiger partial charge in [0.1, 0.15) is 6.33 Å². The molecule has 0 radical (unpaired) electrons. The second-order valence-electron chi connectivity index (χ2n) is 4.11. The van der Waals surface area contributed by atoms with E-state index in [1.807, 2.05) is 0 Å². The number of anilines is 1. The molecule has 2 fully saturated rings. The third kappa shape index (κ3) is 1.12. The Bertz CT molecular complexity index is 338. The van der Waals surface area contributed by atoms with Crippen LogP contribution in [0.4, 0.5) is 5.95 Å². The van der Waals surface area contributed by atoms with E-state index in [2.05, 4.69) is 20.5 Å². The van der Waals surface area contributed by atoms with Crippen molar-refractivity contribution in [3.8, 4) is 0 Å². The normalized spacial score (nSPS) is 33.9. The summed E-state index contributed by atoms with van der Waals surface area (Å²) in [4.78, 5) is 15.5. The predicted molar refractivity (Wildman–Crippen MR) is 49.3 cm³/mol. The first-order chi connectivity index (χ1) is 6.86. The van der Waals surface area contributed by atoms with E-state index >= 15 is 0 Å². The molecule has 14 heavy (non-hydrogen) atoms. The van der Waals surface area contributed by atoms with Gasteiger partial charge >= 0.3 is 0 Å². The number of rotatable bonds is 2. The number of hydrogen-bond acceptors (Lipinski definition) is 3. The van der Waals surface area contributed by atoms with E-state index < -0.39 is 0 Å². The molecule has 0 spiro atoms. The van der Waals surface area contributed by atoms with Gasteiger partial charge in [0.05, 0.1) is 0 Å². The third-order valence-electron chi connectivity index (χ3n) is 3.37. The zero-order valence-electron chi connectivity index (χ0n) is 7.73. The molecule has 0 bridgehead atoms. The fourth-order valence-electron chi connectivity index (χ4n) is 2.68. The van der Waals surface area contributed by atoms with E-state index in [0.717, 1.165) is 0 Å². The number of H-pyrrole nitrogens is 1. The molecule has 0 aromatic carbocycles. The summed E-state index contributed by atoms with van der Waals surface area (Å²) in [5.41, 5.74) is 0. The van der Waals surface area contributed by atoms with Crippen molar-refractivity contribution in [1.82, 2.24) is 15.2 Å². The minimum atomic E-state index is 0.108. The number of carbonyl (C=O) groups is 1. The predicted octanol–water partition coefficient (Wildman–Crippen LogP) is 0.789. The lowest BCUT2D eigenvalue weighted by Gasteiger charge is -2.02. The summed E-state index contributed by atoms with van der Waals surface area (Å²) in [7, 11) is 0. The van der Waals surface area contributed by atoms with E-state index in [-0.39, 0.29) is 11.8 Å². The molecule has 1 aromatic rings. The monoisotopic (exact) mass is 192 g/mol. The number of nitrogens with zero attached hydrogens (tertiary/aromatic N) is 2. The van der Waals surface area contributed by atoms with Gasteiger partial charge in [0.2, 0.25) is 11.9 Å². The Labute approximate surface area is 81.3 Å². The molecule has 2 atom stereocenters. The Balaban J connectivity index is 1.62. The van der Waals surface area contributed by atoms with Gasteiger partial charge < -0.3 is 0 Å². The van der Waals surface area contributed by atoms with Gasteiger partial charge in [0.15, 0.2) is 0 Å². The molecular formula is C9H12N4O. The van der Waals surface area contributed by atoms with Crippen LogP contribution >= 0.6 is 0 Å². The largest absolute Gasteiger partial charge is 0.295 e. The Morgan fingerprint density at radius 1 is 1.50 bits per heavy atom. The van der Waals surface area contributed by atoms with Crippen molar-refractivity contribution < 1.29 is 4.79 Å².